The van der Waals surface area contributed by atoms with Gasteiger partial charge in [-0.15, -0.1) is 0 Å². The zero-order valence-corrected chi connectivity index (χ0v) is 20.0. The quantitative estimate of drug-likeness (QED) is 0.504. The number of methoxy groups -OCH3 is 1. The normalized spacial score (nSPS) is 12.8. The van der Waals surface area contributed by atoms with Gasteiger partial charge in [0.1, 0.15) is 16.4 Å². The summed E-state index contributed by atoms with van der Waals surface area (Å²) in [6, 6.07) is 12.9. The fourth-order valence-electron chi connectivity index (χ4n) is 3.07. The Morgan fingerprint density at radius 3 is 2.26 bits per heavy atom. The third-order valence-corrected chi connectivity index (χ3v) is 6.19. The lowest BCUT2D eigenvalue weighted by Crippen LogP contribution is -2.39. The minimum atomic E-state index is -3.98. The van der Waals surface area contributed by atoms with E-state index < -0.39 is 10.1 Å². The van der Waals surface area contributed by atoms with E-state index in [0.29, 0.717) is 18.7 Å². The van der Waals surface area contributed by atoms with Crippen molar-refractivity contribution in [3.05, 3.63) is 54.1 Å². The SMILES string of the molecule is CC[C@@H](C)N(Cc1cccc(OS(=O)(=O)c2ccc(OC)cc2)c1)C(=O)CC(C)(C)C. The summed E-state index contributed by atoms with van der Waals surface area (Å²) in [5, 5.41) is 0. The molecule has 7 heteroatoms. The number of carbonyl (C=O) groups excluding carboxylic acids is 1. The van der Waals surface area contributed by atoms with Crippen LogP contribution in [0.15, 0.2) is 53.4 Å². The maximum atomic E-state index is 12.9. The minimum Gasteiger partial charge on any atom is -0.497 e. The van der Waals surface area contributed by atoms with Crippen molar-refractivity contribution >= 4 is 16.0 Å². The van der Waals surface area contributed by atoms with E-state index in [1.54, 1.807) is 30.3 Å². The van der Waals surface area contributed by atoms with Crippen molar-refractivity contribution in [2.24, 2.45) is 5.41 Å². The standard InChI is InChI=1S/C24H33NO5S/c1-7-18(2)25(23(26)16-24(3,4)5)17-19-9-8-10-21(15-19)30-31(27,28)22-13-11-20(29-6)12-14-22/h8-15,18H,7,16-17H2,1-6H3/t18-/m1/s1. The molecule has 0 bridgehead atoms. The van der Waals surface area contributed by atoms with Gasteiger partial charge in [-0.05, 0) is 60.7 Å². The molecule has 0 aromatic heterocycles. The van der Waals surface area contributed by atoms with Crippen LogP contribution in [0.1, 0.15) is 53.0 Å². The van der Waals surface area contributed by atoms with Crippen molar-refractivity contribution in [1.82, 2.24) is 4.90 Å². The molecule has 0 fully saturated rings. The molecular formula is C24H33NO5S. The molecule has 0 saturated heterocycles. The van der Waals surface area contributed by atoms with Gasteiger partial charge in [0.2, 0.25) is 5.91 Å². The third-order valence-electron chi connectivity index (χ3n) is 4.93. The summed E-state index contributed by atoms with van der Waals surface area (Å²) in [7, 11) is -2.47. The third kappa shape index (κ3) is 7.28. The first-order chi connectivity index (χ1) is 14.4. The van der Waals surface area contributed by atoms with E-state index in [9.17, 15) is 13.2 Å². The second-order valence-electron chi connectivity index (χ2n) is 8.88. The Kier molecular flexibility index (Phi) is 8.12. The molecule has 170 valence electrons. The van der Waals surface area contributed by atoms with Crippen LogP contribution in [0.25, 0.3) is 0 Å². The second-order valence-corrected chi connectivity index (χ2v) is 10.4. The Bertz CT molecular complexity index is 978. The summed E-state index contributed by atoms with van der Waals surface area (Å²) in [6.45, 7) is 10.6. The van der Waals surface area contributed by atoms with E-state index in [2.05, 4.69) is 0 Å². The lowest BCUT2D eigenvalue weighted by atomic mass is 9.91. The summed E-state index contributed by atoms with van der Waals surface area (Å²) in [5.41, 5.74) is 0.699. The Hall–Kier alpha value is -2.54. The molecule has 0 aliphatic carbocycles. The van der Waals surface area contributed by atoms with Crippen LogP contribution in [-0.4, -0.2) is 32.4 Å². The molecular weight excluding hydrogens is 414 g/mol. The molecule has 0 aliphatic rings. The average molecular weight is 448 g/mol. The van der Waals surface area contributed by atoms with Crippen LogP contribution in [0.4, 0.5) is 0 Å². The highest BCUT2D eigenvalue weighted by atomic mass is 32.2. The van der Waals surface area contributed by atoms with E-state index in [4.69, 9.17) is 8.92 Å². The first-order valence-corrected chi connectivity index (χ1v) is 11.8. The van der Waals surface area contributed by atoms with Crippen LogP contribution in [0.5, 0.6) is 11.5 Å². The molecule has 0 N–H and O–H groups in total. The second kappa shape index (κ2) is 10.2. The zero-order chi connectivity index (χ0) is 23.2. The van der Waals surface area contributed by atoms with Gasteiger partial charge in [-0.3, -0.25) is 4.79 Å². The van der Waals surface area contributed by atoms with Crippen molar-refractivity contribution < 1.29 is 22.1 Å². The molecule has 0 heterocycles. The fourth-order valence-corrected chi connectivity index (χ4v) is 4.00. The zero-order valence-electron chi connectivity index (χ0n) is 19.2. The number of benzene rings is 2. The molecule has 1 amide bonds. The molecule has 0 spiro atoms. The molecule has 2 aromatic rings. The first-order valence-electron chi connectivity index (χ1n) is 10.4. The number of carbonyl (C=O) groups is 1. The van der Waals surface area contributed by atoms with E-state index in [1.165, 1.54) is 19.2 Å². The molecule has 0 aliphatic heterocycles. The average Bonchev–Trinajstić information content (AvgIpc) is 2.70. The Labute approximate surface area is 186 Å². The van der Waals surface area contributed by atoms with Crippen LogP contribution >= 0.6 is 0 Å². The molecule has 6 nitrogen and oxygen atoms in total. The number of ether oxygens (including phenoxy) is 1. The highest BCUT2D eigenvalue weighted by molar-refractivity contribution is 7.87. The molecule has 2 aromatic carbocycles. The summed E-state index contributed by atoms with van der Waals surface area (Å²) < 4.78 is 35.7. The Morgan fingerprint density at radius 1 is 1.06 bits per heavy atom. The lowest BCUT2D eigenvalue weighted by molar-refractivity contribution is -0.135. The number of nitrogens with zero attached hydrogens (tertiary/aromatic N) is 1. The minimum absolute atomic E-state index is 0.0419. The first kappa shape index (κ1) is 24.7. The lowest BCUT2D eigenvalue weighted by Gasteiger charge is -2.31. The topological polar surface area (TPSA) is 72.9 Å². The molecule has 1 atom stereocenters. The smallest absolute Gasteiger partial charge is 0.339 e. The number of hydrogen-bond acceptors (Lipinski definition) is 5. The van der Waals surface area contributed by atoms with Gasteiger partial charge in [-0.1, -0.05) is 39.8 Å². The predicted octanol–water partition coefficient (Wildman–Crippen LogP) is 5.03. The van der Waals surface area contributed by atoms with Crippen LogP contribution in [0, 0.1) is 5.41 Å². The number of amides is 1. The van der Waals surface area contributed by atoms with Crippen molar-refractivity contribution in [1.29, 1.82) is 0 Å². The summed E-state index contributed by atoms with van der Waals surface area (Å²) in [5.74, 6) is 0.853. The van der Waals surface area contributed by atoms with Gasteiger partial charge in [0, 0.05) is 19.0 Å². The van der Waals surface area contributed by atoms with E-state index in [0.717, 1.165) is 12.0 Å². The van der Waals surface area contributed by atoms with Gasteiger partial charge in [-0.2, -0.15) is 8.42 Å². The van der Waals surface area contributed by atoms with E-state index >= 15 is 0 Å². The van der Waals surface area contributed by atoms with Crippen LogP contribution in [-0.2, 0) is 21.5 Å². The van der Waals surface area contributed by atoms with Crippen molar-refractivity contribution in [2.75, 3.05) is 7.11 Å². The van der Waals surface area contributed by atoms with Gasteiger partial charge >= 0.3 is 10.1 Å². The number of rotatable bonds is 9. The van der Waals surface area contributed by atoms with Crippen LogP contribution in [0.2, 0.25) is 0 Å². The number of hydrogen-bond donors (Lipinski definition) is 0. The monoisotopic (exact) mass is 447 g/mol. The van der Waals surface area contributed by atoms with Crippen LogP contribution in [0.3, 0.4) is 0 Å². The summed E-state index contributed by atoms with van der Waals surface area (Å²) in [4.78, 5) is 14.8. The van der Waals surface area contributed by atoms with Crippen LogP contribution < -0.4 is 8.92 Å². The van der Waals surface area contributed by atoms with Gasteiger partial charge in [0.15, 0.2) is 0 Å². The van der Waals surface area contributed by atoms with Gasteiger partial charge in [0.05, 0.1) is 7.11 Å². The molecule has 0 unspecified atom stereocenters. The maximum absolute atomic E-state index is 12.9. The largest absolute Gasteiger partial charge is 0.497 e. The maximum Gasteiger partial charge on any atom is 0.339 e. The highest BCUT2D eigenvalue weighted by Crippen LogP contribution is 2.25. The van der Waals surface area contributed by atoms with Gasteiger partial charge < -0.3 is 13.8 Å². The predicted molar refractivity (Wildman–Crippen MR) is 122 cm³/mol. The Morgan fingerprint density at radius 2 is 1.71 bits per heavy atom. The van der Waals surface area contributed by atoms with E-state index in [1.807, 2.05) is 45.6 Å². The molecule has 0 saturated carbocycles. The Balaban J connectivity index is 2.21. The van der Waals surface area contributed by atoms with Crippen molar-refractivity contribution in [3.8, 4) is 11.5 Å². The summed E-state index contributed by atoms with van der Waals surface area (Å²) in [6.07, 6.45) is 1.28. The van der Waals surface area contributed by atoms with Gasteiger partial charge in [0.25, 0.3) is 0 Å². The van der Waals surface area contributed by atoms with Gasteiger partial charge in [-0.25, -0.2) is 0 Å². The molecule has 0 radical (unpaired) electrons. The fraction of sp³-hybridized carbons (Fsp3) is 0.458. The van der Waals surface area contributed by atoms with Crippen molar-refractivity contribution in [3.63, 3.8) is 0 Å². The molecule has 31 heavy (non-hydrogen) atoms. The molecule has 2 rings (SSSR count). The summed E-state index contributed by atoms with van der Waals surface area (Å²) >= 11 is 0. The van der Waals surface area contributed by atoms with E-state index in [-0.39, 0.29) is 28.0 Å². The highest BCUT2D eigenvalue weighted by Gasteiger charge is 2.25. The van der Waals surface area contributed by atoms with Crippen molar-refractivity contribution in [2.45, 2.75) is 64.9 Å².